The van der Waals surface area contributed by atoms with Crippen LogP contribution in [0.3, 0.4) is 0 Å². The predicted molar refractivity (Wildman–Crippen MR) is 93.6 cm³/mol. The minimum Gasteiger partial charge on any atom is -0.379 e. The molecule has 3 aromatic rings. The zero-order valence-electron chi connectivity index (χ0n) is 14.4. The summed E-state index contributed by atoms with van der Waals surface area (Å²) in [4.78, 5) is 15.0. The maximum atomic E-state index is 13.2. The molecule has 0 bridgehead atoms. The van der Waals surface area contributed by atoms with Gasteiger partial charge in [0.25, 0.3) is 5.91 Å². The number of carbonyl (C=O) groups excluding carboxylic acids is 1. The molecule has 1 saturated heterocycles. The zero-order chi connectivity index (χ0) is 17.9. The number of amides is 1. The molecule has 0 radical (unpaired) electrons. The number of aromatic amines is 1. The highest BCUT2D eigenvalue weighted by Crippen LogP contribution is 2.29. The number of rotatable bonds is 5. The second-order valence-corrected chi connectivity index (χ2v) is 6.35. The summed E-state index contributed by atoms with van der Waals surface area (Å²) in [6, 6.07) is 9.53. The lowest BCUT2D eigenvalue weighted by molar-refractivity contribution is 0.0713. The number of nitrogens with zero attached hydrogens (tertiary/aromatic N) is 5. The van der Waals surface area contributed by atoms with Gasteiger partial charge in [0, 0.05) is 38.2 Å². The van der Waals surface area contributed by atoms with E-state index < -0.39 is 0 Å². The van der Waals surface area contributed by atoms with Crippen LogP contribution in [0, 0.1) is 0 Å². The Labute approximate surface area is 150 Å². The molecule has 1 fully saturated rings. The molecule has 8 heteroatoms. The van der Waals surface area contributed by atoms with Crippen molar-refractivity contribution in [2.24, 2.45) is 0 Å². The van der Waals surface area contributed by atoms with Gasteiger partial charge in [-0.25, -0.2) is 0 Å². The van der Waals surface area contributed by atoms with Crippen molar-refractivity contribution in [3.8, 4) is 0 Å². The second kappa shape index (κ2) is 7.09. The van der Waals surface area contributed by atoms with Gasteiger partial charge in [-0.15, -0.1) is 0 Å². The molecule has 1 aliphatic rings. The van der Waals surface area contributed by atoms with Gasteiger partial charge in [0.1, 0.15) is 0 Å². The van der Waals surface area contributed by atoms with Crippen molar-refractivity contribution in [2.75, 3.05) is 20.2 Å². The number of aromatic nitrogens is 5. The smallest absolute Gasteiger partial charge is 0.254 e. The van der Waals surface area contributed by atoms with Gasteiger partial charge < -0.3 is 9.64 Å². The zero-order valence-corrected chi connectivity index (χ0v) is 14.4. The number of H-pyrrole nitrogens is 1. The number of methoxy groups -OCH3 is 1. The van der Waals surface area contributed by atoms with Crippen molar-refractivity contribution >= 4 is 5.91 Å². The van der Waals surface area contributed by atoms with Gasteiger partial charge >= 0.3 is 0 Å². The Morgan fingerprint density at radius 2 is 2.19 bits per heavy atom. The SMILES string of the molecule is CO[C@@H]1CN(C(=O)c2ccccc2Cn2cccn2)C[C@H]1c1cn[nH]n1. The summed E-state index contributed by atoms with van der Waals surface area (Å²) in [6.07, 6.45) is 5.22. The first-order chi connectivity index (χ1) is 12.8. The van der Waals surface area contributed by atoms with Crippen LogP contribution < -0.4 is 0 Å². The van der Waals surface area contributed by atoms with Crippen molar-refractivity contribution < 1.29 is 9.53 Å². The first-order valence-corrected chi connectivity index (χ1v) is 8.49. The van der Waals surface area contributed by atoms with Crippen molar-refractivity contribution in [1.29, 1.82) is 0 Å². The number of hydrogen-bond donors (Lipinski definition) is 1. The molecule has 4 rings (SSSR count). The van der Waals surface area contributed by atoms with Gasteiger partial charge in [-0.1, -0.05) is 18.2 Å². The number of carbonyl (C=O) groups is 1. The third kappa shape index (κ3) is 3.11. The lowest BCUT2D eigenvalue weighted by Crippen LogP contribution is -2.30. The quantitative estimate of drug-likeness (QED) is 0.748. The van der Waals surface area contributed by atoms with Crippen LogP contribution in [-0.2, 0) is 11.3 Å². The minimum absolute atomic E-state index is 0.000742. The normalized spacial score (nSPS) is 19.8. The molecule has 1 N–H and O–H groups in total. The summed E-state index contributed by atoms with van der Waals surface area (Å²) < 4.78 is 7.40. The second-order valence-electron chi connectivity index (χ2n) is 6.35. The van der Waals surface area contributed by atoms with Crippen molar-refractivity contribution in [3.63, 3.8) is 0 Å². The van der Waals surface area contributed by atoms with E-state index in [2.05, 4.69) is 20.5 Å². The van der Waals surface area contributed by atoms with Gasteiger partial charge in [-0.2, -0.15) is 20.5 Å². The molecule has 2 aromatic heterocycles. The third-order valence-electron chi connectivity index (χ3n) is 4.81. The van der Waals surface area contributed by atoms with Crippen LogP contribution in [-0.4, -0.2) is 62.3 Å². The number of likely N-dealkylation sites (tertiary alicyclic amines) is 1. The molecule has 2 atom stereocenters. The van der Waals surface area contributed by atoms with E-state index in [0.717, 1.165) is 11.3 Å². The van der Waals surface area contributed by atoms with Crippen LogP contribution >= 0.6 is 0 Å². The average molecular weight is 352 g/mol. The van der Waals surface area contributed by atoms with E-state index in [9.17, 15) is 4.79 Å². The molecule has 0 spiro atoms. The van der Waals surface area contributed by atoms with Crippen molar-refractivity contribution in [2.45, 2.75) is 18.6 Å². The maximum absolute atomic E-state index is 13.2. The number of benzene rings is 1. The van der Waals surface area contributed by atoms with E-state index in [1.165, 1.54) is 0 Å². The molecule has 0 aliphatic carbocycles. The van der Waals surface area contributed by atoms with Gasteiger partial charge in [-0.05, 0) is 17.7 Å². The van der Waals surface area contributed by atoms with Crippen LogP contribution in [0.15, 0.2) is 48.9 Å². The Morgan fingerprint density at radius 3 is 2.92 bits per heavy atom. The van der Waals surface area contributed by atoms with Gasteiger partial charge in [0.05, 0.1) is 30.5 Å². The van der Waals surface area contributed by atoms with Crippen LogP contribution in [0.5, 0.6) is 0 Å². The lowest BCUT2D eigenvalue weighted by atomic mass is 10.0. The number of hydrogen-bond acceptors (Lipinski definition) is 5. The Kier molecular flexibility index (Phi) is 4.49. The highest BCUT2D eigenvalue weighted by atomic mass is 16.5. The molecular weight excluding hydrogens is 332 g/mol. The Bertz CT molecular complexity index is 862. The molecule has 8 nitrogen and oxygen atoms in total. The summed E-state index contributed by atoms with van der Waals surface area (Å²) in [5.74, 6) is 0.0155. The van der Waals surface area contributed by atoms with Crippen LogP contribution in [0.1, 0.15) is 27.5 Å². The van der Waals surface area contributed by atoms with Crippen LogP contribution in [0.25, 0.3) is 0 Å². The molecule has 26 heavy (non-hydrogen) atoms. The van der Waals surface area contributed by atoms with Gasteiger partial charge in [-0.3, -0.25) is 9.48 Å². The fraction of sp³-hybridized carbons (Fsp3) is 0.333. The molecule has 3 heterocycles. The summed E-state index contributed by atoms with van der Waals surface area (Å²) in [5.41, 5.74) is 2.45. The Balaban J connectivity index is 1.56. The standard InChI is InChI=1S/C18H20N6O2/c1-26-17-12-23(11-15(17)16-9-19-22-21-16)18(25)14-6-3-2-5-13(14)10-24-8-4-7-20-24/h2-9,15,17H,10-12H2,1H3,(H,19,21,22)/t15-,17+/m0/s1. The van der Waals surface area contributed by atoms with E-state index in [1.54, 1.807) is 19.5 Å². The topological polar surface area (TPSA) is 88.9 Å². The summed E-state index contributed by atoms with van der Waals surface area (Å²) in [7, 11) is 1.66. The highest BCUT2D eigenvalue weighted by Gasteiger charge is 2.38. The van der Waals surface area contributed by atoms with Crippen molar-refractivity contribution in [3.05, 3.63) is 65.7 Å². The molecule has 1 aromatic carbocycles. The molecule has 0 unspecified atom stereocenters. The van der Waals surface area contributed by atoms with Gasteiger partial charge in [0.2, 0.25) is 0 Å². The monoisotopic (exact) mass is 352 g/mol. The van der Waals surface area contributed by atoms with E-state index in [0.29, 0.717) is 25.2 Å². The van der Waals surface area contributed by atoms with Crippen LogP contribution in [0.4, 0.5) is 0 Å². The Hall–Kier alpha value is -3.00. The number of nitrogens with one attached hydrogen (secondary N) is 1. The van der Waals surface area contributed by atoms with E-state index in [4.69, 9.17) is 4.74 Å². The number of ether oxygens (including phenoxy) is 1. The maximum Gasteiger partial charge on any atom is 0.254 e. The molecular formula is C18H20N6O2. The first kappa shape index (κ1) is 16.5. The van der Waals surface area contributed by atoms with Crippen molar-refractivity contribution in [1.82, 2.24) is 30.1 Å². The highest BCUT2D eigenvalue weighted by molar-refractivity contribution is 5.96. The Morgan fingerprint density at radius 1 is 1.31 bits per heavy atom. The predicted octanol–water partition coefficient (Wildman–Crippen LogP) is 1.30. The lowest BCUT2D eigenvalue weighted by Gasteiger charge is -2.18. The summed E-state index contributed by atoms with van der Waals surface area (Å²) in [5, 5.41) is 14.9. The van der Waals surface area contributed by atoms with E-state index >= 15 is 0 Å². The summed E-state index contributed by atoms with van der Waals surface area (Å²) in [6.45, 7) is 1.64. The fourth-order valence-electron chi connectivity index (χ4n) is 3.46. The van der Waals surface area contributed by atoms with Gasteiger partial charge in [0.15, 0.2) is 0 Å². The van der Waals surface area contributed by atoms with E-state index in [1.807, 2.05) is 46.1 Å². The molecule has 0 saturated carbocycles. The largest absolute Gasteiger partial charge is 0.379 e. The molecule has 134 valence electrons. The van der Waals surface area contributed by atoms with Crippen LogP contribution in [0.2, 0.25) is 0 Å². The molecule has 1 aliphatic heterocycles. The summed E-state index contributed by atoms with van der Waals surface area (Å²) >= 11 is 0. The molecule has 1 amide bonds. The average Bonchev–Trinajstić information content (AvgIpc) is 3.42. The third-order valence-corrected chi connectivity index (χ3v) is 4.81. The minimum atomic E-state index is -0.0951. The van der Waals surface area contributed by atoms with E-state index in [-0.39, 0.29) is 17.9 Å². The fourth-order valence-corrected chi connectivity index (χ4v) is 3.46. The first-order valence-electron chi connectivity index (χ1n) is 8.49.